The van der Waals surface area contributed by atoms with Crippen molar-refractivity contribution in [1.29, 1.82) is 0 Å². The number of esters is 1. The number of fused-ring (bicyclic) bond motifs is 1. The highest BCUT2D eigenvalue weighted by Gasteiger charge is 2.18. The summed E-state index contributed by atoms with van der Waals surface area (Å²) in [5.41, 5.74) is 1.77. The van der Waals surface area contributed by atoms with E-state index in [2.05, 4.69) is 4.98 Å². The zero-order chi connectivity index (χ0) is 15.9. The van der Waals surface area contributed by atoms with E-state index < -0.39 is 5.97 Å². The van der Waals surface area contributed by atoms with Gasteiger partial charge in [0.05, 0.1) is 10.0 Å². The number of benzene rings is 1. The molecule has 0 radical (unpaired) electrons. The number of rotatable bonds is 2. The van der Waals surface area contributed by atoms with Gasteiger partial charge in [-0.1, -0.05) is 40.9 Å². The van der Waals surface area contributed by atoms with Crippen molar-refractivity contribution < 1.29 is 9.53 Å². The summed E-state index contributed by atoms with van der Waals surface area (Å²) in [5.74, 6) is -0.583. The van der Waals surface area contributed by atoms with E-state index in [1.165, 1.54) is 12.1 Å². The first-order chi connectivity index (χ1) is 10.5. The first kappa shape index (κ1) is 15.2. The topological polar surface area (TPSA) is 43.6 Å². The molecule has 0 N–H and O–H groups in total. The number of carbonyl (C=O) groups excluding carboxylic acids is 1. The lowest BCUT2D eigenvalue weighted by molar-refractivity contribution is 0.0729. The Kier molecular flexibility index (Phi) is 4.00. The smallest absolute Gasteiger partial charge is 0.364 e. The number of ether oxygens (including phenoxy) is 1. The maximum absolute atomic E-state index is 12.2. The molecule has 4 nitrogen and oxygen atoms in total. The average molecular weight is 356 g/mol. The second kappa shape index (κ2) is 5.80. The van der Waals surface area contributed by atoms with Gasteiger partial charge in [-0.2, -0.15) is 0 Å². The third kappa shape index (κ3) is 2.77. The minimum absolute atomic E-state index is 0.0616. The van der Waals surface area contributed by atoms with Crippen molar-refractivity contribution in [3.05, 3.63) is 63.0 Å². The molecule has 3 aromatic rings. The van der Waals surface area contributed by atoms with Gasteiger partial charge < -0.3 is 9.14 Å². The summed E-state index contributed by atoms with van der Waals surface area (Å²) in [6.07, 6.45) is 1.60. The SMILES string of the molecule is Cc1cccc2nc(C(=O)Oc3c(Cl)cc(Cl)cc3Cl)cn12. The van der Waals surface area contributed by atoms with E-state index in [1.807, 2.05) is 19.1 Å². The Hall–Kier alpha value is -1.75. The van der Waals surface area contributed by atoms with Crippen LogP contribution in [0.2, 0.25) is 15.1 Å². The van der Waals surface area contributed by atoms with E-state index >= 15 is 0 Å². The van der Waals surface area contributed by atoms with E-state index in [9.17, 15) is 4.79 Å². The lowest BCUT2D eigenvalue weighted by atomic mass is 10.3. The molecular weight excluding hydrogens is 347 g/mol. The molecule has 0 aliphatic carbocycles. The monoisotopic (exact) mass is 354 g/mol. The number of aromatic nitrogens is 2. The molecular formula is C15H9Cl3N2O2. The molecule has 0 amide bonds. The van der Waals surface area contributed by atoms with Gasteiger partial charge in [-0.05, 0) is 31.2 Å². The van der Waals surface area contributed by atoms with Crippen LogP contribution >= 0.6 is 34.8 Å². The molecule has 7 heteroatoms. The summed E-state index contributed by atoms with van der Waals surface area (Å²) in [5, 5.41) is 0.676. The Morgan fingerprint density at radius 3 is 2.50 bits per heavy atom. The minimum atomic E-state index is -0.644. The molecule has 1 aromatic carbocycles. The van der Waals surface area contributed by atoms with Crippen molar-refractivity contribution in [1.82, 2.24) is 9.38 Å². The summed E-state index contributed by atoms with van der Waals surface area (Å²) in [6.45, 7) is 1.91. The van der Waals surface area contributed by atoms with Crippen LogP contribution in [0.4, 0.5) is 0 Å². The van der Waals surface area contributed by atoms with Crippen LogP contribution in [-0.2, 0) is 0 Å². The molecule has 2 aromatic heterocycles. The lowest BCUT2D eigenvalue weighted by Gasteiger charge is -2.07. The van der Waals surface area contributed by atoms with Crippen molar-refractivity contribution in [2.24, 2.45) is 0 Å². The molecule has 0 fully saturated rings. The van der Waals surface area contributed by atoms with Gasteiger partial charge >= 0.3 is 5.97 Å². The summed E-state index contributed by atoms with van der Waals surface area (Å²) in [6, 6.07) is 8.47. The maximum atomic E-state index is 12.2. The minimum Gasteiger partial charge on any atom is -0.419 e. The van der Waals surface area contributed by atoms with Crippen LogP contribution in [0.15, 0.2) is 36.5 Å². The molecule has 0 saturated carbocycles. The van der Waals surface area contributed by atoms with Crippen molar-refractivity contribution in [3.8, 4) is 5.75 Å². The highest BCUT2D eigenvalue weighted by Crippen LogP contribution is 2.36. The Labute approximate surface area is 141 Å². The molecule has 0 bridgehead atoms. The molecule has 0 unspecified atom stereocenters. The number of hydrogen-bond acceptors (Lipinski definition) is 3. The largest absolute Gasteiger partial charge is 0.419 e. The number of aryl methyl sites for hydroxylation is 1. The third-order valence-corrected chi connectivity index (χ3v) is 3.84. The van der Waals surface area contributed by atoms with E-state index in [4.69, 9.17) is 39.5 Å². The number of pyridine rings is 1. The van der Waals surface area contributed by atoms with Gasteiger partial charge in [0.1, 0.15) is 5.65 Å². The van der Waals surface area contributed by atoms with Crippen molar-refractivity contribution >= 4 is 46.4 Å². The number of imidazole rings is 1. The predicted octanol–water partition coefficient (Wildman–Crippen LogP) is 4.82. The highest BCUT2D eigenvalue weighted by molar-refractivity contribution is 6.40. The molecule has 0 saturated heterocycles. The number of carbonyl (C=O) groups is 1. The van der Waals surface area contributed by atoms with E-state index in [0.717, 1.165) is 5.69 Å². The number of halogens is 3. The van der Waals surface area contributed by atoms with Gasteiger partial charge in [0, 0.05) is 16.9 Å². The molecule has 112 valence electrons. The molecule has 0 aliphatic rings. The molecule has 22 heavy (non-hydrogen) atoms. The Morgan fingerprint density at radius 2 is 1.86 bits per heavy atom. The number of hydrogen-bond donors (Lipinski definition) is 0. The first-order valence-corrected chi connectivity index (χ1v) is 7.40. The average Bonchev–Trinajstić information content (AvgIpc) is 2.88. The second-order valence-corrected chi connectivity index (χ2v) is 5.86. The molecule has 2 heterocycles. The van der Waals surface area contributed by atoms with E-state index in [0.29, 0.717) is 10.7 Å². The van der Waals surface area contributed by atoms with Crippen molar-refractivity contribution in [2.45, 2.75) is 6.92 Å². The highest BCUT2D eigenvalue weighted by atomic mass is 35.5. The fraction of sp³-hybridized carbons (Fsp3) is 0.0667. The standard InChI is InChI=1S/C15H9Cl3N2O2/c1-8-3-2-4-13-19-12(7-20(8)13)15(21)22-14-10(17)5-9(16)6-11(14)18/h2-7H,1H3. The van der Waals surface area contributed by atoms with Crippen LogP contribution in [0.3, 0.4) is 0 Å². The van der Waals surface area contributed by atoms with Gasteiger partial charge in [0.25, 0.3) is 0 Å². The van der Waals surface area contributed by atoms with Crippen LogP contribution in [0, 0.1) is 6.92 Å². The van der Waals surface area contributed by atoms with E-state index in [-0.39, 0.29) is 21.5 Å². The molecule has 0 spiro atoms. The van der Waals surface area contributed by atoms with Gasteiger partial charge in [-0.3, -0.25) is 0 Å². The second-order valence-electron chi connectivity index (χ2n) is 4.61. The lowest BCUT2D eigenvalue weighted by Crippen LogP contribution is -2.09. The van der Waals surface area contributed by atoms with Gasteiger partial charge in [-0.15, -0.1) is 0 Å². The van der Waals surface area contributed by atoms with Gasteiger partial charge in [0.2, 0.25) is 0 Å². The summed E-state index contributed by atoms with van der Waals surface area (Å²) in [4.78, 5) is 16.5. The van der Waals surface area contributed by atoms with E-state index in [1.54, 1.807) is 16.7 Å². The van der Waals surface area contributed by atoms with Gasteiger partial charge in [-0.25, -0.2) is 9.78 Å². The third-order valence-electron chi connectivity index (χ3n) is 3.06. The van der Waals surface area contributed by atoms with Crippen LogP contribution in [-0.4, -0.2) is 15.4 Å². The van der Waals surface area contributed by atoms with Crippen molar-refractivity contribution in [3.63, 3.8) is 0 Å². The Morgan fingerprint density at radius 1 is 1.18 bits per heavy atom. The van der Waals surface area contributed by atoms with Gasteiger partial charge in [0.15, 0.2) is 11.4 Å². The Balaban J connectivity index is 1.95. The zero-order valence-electron chi connectivity index (χ0n) is 11.3. The predicted molar refractivity (Wildman–Crippen MR) is 86.4 cm³/mol. The van der Waals surface area contributed by atoms with Crippen molar-refractivity contribution in [2.75, 3.05) is 0 Å². The molecule has 3 rings (SSSR count). The fourth-order valence-corrected chi connectivity index (χ4v) is 2.91. The molecule has 0 aliphatic heterocycles. The fourth-order valence-electron chi connectivity index (χ4n) is 2.02. The summed E-state index contributed by atoms with van der Waals surface area (Å²) >= 11 is 17.8. The quantitative estimate of drug-likeness (QED) is 0.489. The normalized spacial score (nSPS) is 10.9. The summed E-state index contributed by atoms with van der Waals surface area (Å²) < 4.78 is 7.04. The zero-order valence-corrected chi connectivity index (χ0v) is 13.6. The van der Waals surface area contributed by atoms with Crippen LogP contribution < -0.4 is 4.74 Å². The van der Waals surface area contributed by atoms with Crippen LogP contribution in [0.25, 0.3) is 5.65 Å². The summed E-state index contributed by atoms with van der Waals surface area (Å²) in [7, 11) is 0. The first-order valence-electron chi connectivity index (χ1n) is 6.27. The molecule has 0 atom stereocenters. The maximum Gasteiger partial charge on any atom is 0.364 e. The van der Waals surface area contributed by atoms with Crippen LogP contribution in [0.1, 0.15) is 16.2 Å². The Bertz CT molecular complexity index is 867. The number of nitrogens with zero attached hydrogens (tertiary/aromatic N) is 2. The van der Waals surface area contributed by atoms with Crippen LogP contribution in [0.5, 0.6) is 5.75 Å².